The third kappa shape index (κ3) is 1.67. The molecule has 1 aromatic heterocycles. The average molecular weight is 253 g/mol. The van der Waals surface area contributed by atoms with Gasteiger partial charge in [-0.25, -0.2) is 0 Å². The van der Waals surface area contributed by atoms with Crippen molar-refractivity contribution >= 4 is 0 Å². The van der Waals surface area contributed by atoms with Gasteiger partial charge in [-0.1, -0.05) is 24.3 Å². The van der Waals surface area contributed by atoms with Crippen LogP contribution in [0.25, 0.3) is 0 Å². The quantitative estimate of drug-likeness (QED) is 0.888. The molecule has 1 saturated carbocycles. The number of nitrogens with two attached hydrogens (primary N) is 1. The summed E-state index contributed by atoms with van der Waals surface area (Å²) in [6.45, 7) is 1.98. The van der Waals surface area contributed by atoms with Gasteiger partial charge in [0.15, 0.2) is 0 Å². The van der Waals surface area contributed by atoms with Crippen molar-refractivity contribution in [3.05, 3.63) is 59.0 Å². The zero-order chi connectivity index (χ0) is 13.0. The summed E-state index contributed by atoms with van der Waals surface area (Å²) in [4.78, 5) is 0. The van der Waals surface area contributed by atoms with Gasteiger partial charge in [-0.2, -0.15) is 0 Å². The number of hydrogen-bond donors (Lipinski definition) is 1. The van der Waals surface area contributed by atoms with Gasteiger partial charge in [0.25, 0.3) is 0 Å². The van der Waals surface area contributed by atoms with Crippen molar-refractivity contribution in [3.63, 3.8) is 0 Å². The summed E-state index contributed by atoms with van der Waals surface area (Å²) in [6.07, 6.45) is 2.48. The molecule has 0 radical (unpaired) electrons. The summed E-state index contributed by atoms with van der Waals surface area (Å²) >= 11 is 0. The molecule has 2 heteroatoms. The van der Waals surface area contributed by atoms with Crippen LogP contribution in [0.2, 0.25) is 0 Å². The first-order valence-electron chi connectivity index (χ1n) is 7.15. The van der Waals surface area contributed by atoms with Crippen LogP contribution in [-0.2, 0) is 6.42 Å². The molecule has 0 bridgehead atoms. The lowest BCUT2D eigenvalue weighted by molar-refractivity contribution is 0.412. The Balaban J connectivity index is 1.63. The van der Waals surface area contributed by atoms with Crippen LogP contribution >= 0.6 is 0 Å². The van der Waals surface area contributed by atoms with Gasteiger partial charge in [0.1, 0.15) is 11.5 Å². The maximum absolute atomic E-state index is 6.44. The highest BCUT2D eigenvalue weighted by atomic mass is 16.3. The van der Waals surface area contributed by atoms with E-state index in [1.165, 1.54) is 24.0 Å². The molecule has 2 aliphatic carbocycles. The van der Waals surface area contributed by atoms with Gasteiger partial charge in [-0.15, -0.1) is 0 Å². The van der Waals surface area contributed by atoms with E-state index in [0.29, 0.717) is 11.8 Å². The Labute approximate surface area is 113 Å². The molecule has 0 spiro atoms. The third-order valence-corrected chi connectivity index (χ3v) is 4.90. The van der Waals surface area contributed by atoms with E-state index in [-0.39, 0.29) is 6.04 Å². The fourth-order valence-electron chi connectivity index (χ4n) is 3.93. The lowest BCUT2D eigenvalue weighted by Crippen LogP contribution is -2.13. The van der Waals surface area contributed by atoms with E-state index >= 15 is 0 Å². The lowest BCUT2D eigenvalue weighted by Gasteiger charge is -2.13. The zero-order valence-electron chi connectivity index (χ0n) is 11.2. The molecule has 0 amide bonds. The third-order valence-electron chi connectivity index (χ3n) is 4.90. The monoisotopic (exact) mass is 253 g/mol. The van der Waals surface area contributed by atoms with Crippen molar-refractivity contribution in [2.45, 2.75) is 31.7 Å². The van der Waals surface area contributed by atoms with E-state index in [9.17, 15) is 0 Å². The van der Waals surface area contributed by atoms with Gasteiger partial charge >= 0.3 is 0 Å². The molecule has 4 atom stereocenters. The van der Waals surface area contributed by atoms with Gasteiger partial charge in [0.05, 0.1) is 6.04 Å². The Hall–Kier alpha value is -1.54. The van der Waals surface area contributed by atoms with Crippen LogP contribution in [0.4, 0.5) is 0 Å². The van der Waals surface area contributed by atoms with E-state index in [1.807, 2.05) is 19.1 Å². The SMILES string of the molecule is Cc1ccc(C(N)C2C3CCc4ccccc4C32)o1. The second kappa shape index (κ2) is 3.97. The molecule has 19 heavy (non-hydrogen) atoms. The van der Waals surface area contributed by atoms with E-state index < -0.39 is 0 Å². The standard InChI is InChI=1S/C17H19NO/c1-10-6-9-14(19-10)17(18)16-13-8-7-11-4-2-3-5-12(11)15(13)16/h2-6,9,13,15-17H,7-8,18H2,1H3. The van der Waals surface area contributed by atoms with Gasteiger partial charge in [0, 0.05) is 0 Å². The average Bonchev–Trinajstić information content (AvgIpc) is 3.03. The van der Waals surface area contributed by atoms with Gasteiger partial charge in [-0.3, -0.25) is 0 Å². The Bertz CT molecular complexity index is 615. The Morgan fingerprint density at radius 3 is 2.84 bits per heavy atom. The summed E-state index contributed by atoms with van der Waals surface area (Å²) in [5, 5.41) is 0. The minimum atomic E-state index is 0.0508. The number of rotatable bonds is 2. The van der Waals surface area contributed by atoms with Crippen LogP contribution in [0.5, 0.6) is 0 Å². The molecular weight excluding hydrogens is 234 g/mol. The number of aryl methyl sites for hydroxylation is 2. The summed E-state index contributed by atoms with van der Waals surface area (Å²) in [6, 6.07) is 12.9. The highest BCUT2D eigenvalue weighted by molar-refractivity contribution is 5.40. The number of fused-ring (bicyclic) bond motifs is 3. The number of hydrogen-bond acceptors (Lipinski definition) is 2. The minimum Gasteiger partial charge on any atom is -0.465 e. The molecule has 2 nitrogen and oxygen atoms in total. The summed E-state index contributed by atoms with van der Waals surface area (Å²) < 4.78 is 5.72. The van der Waals surface area contributed by atoms with Crippen molar-refractivity contribution in [1.82, 2.24) is 0 Å². The first-order chi connectivity index (χ1) is 9.25. The maximum atomic E-state index is 6.44. The van der Waals surface area contributed by atoms with Crippen molar-refractivity contribution in [2.24, 2.45) is 17.6 Å². The summed E-state index contributed by atoms with van der Waals surface area (Å²) in [5.41, 5.74) is 9.49. The normalized spacial score (nSPS) is 29.5. The largest absolute Gasteiger partial charge is 0.465 e. The molecule has 1 fully saturated rings. The van der Waals surface area contributed by atoms with Crippen molar-refractivity contribution < 1.29 is 4.42 Å². The van der Waals surface area contributed by atoms with Crippen molar-refractivity contribution in [1.29, 1.82) is 0 Å². The smallest absolute Gasteiger partial charge is 0.121 e. The van der Waals surface area contributed by atoms with E-state index in [4.69, 9.17) is 10.2 Å². The Kier molecular flexibility index (Phi) is 2.36. The molecule has 1 aromatic carbocycles. The molecule has 4 rings (SSSR count). The Morgan fingerprint density at radius 2 is 2.05 bits per heavy atom. The zero-order valence-corrected chi connectivity index (χ0v) is 11.2. The van der Waals surface area contributed by atoms with Crippen LogP contribution in [0.3, 0.4) is 0 Å². The second-order valence-electron chi connectivity index (χ2n) is 5.98. The van der Waals surface area contributed by atoms with E-state index in [2.05, 4.69) is 24.3 Å². The molecular formula is C17H19NO. The Morgan fingerprint density at radius 1 is 1.21 bits per heavy atom. The summed E-state index contributed by atoms with van der Waals surface area (Å²) in [7, 11) is 0. The van der Waals surface area contributed by atoms with Crippen LogP contribution in [0.15, 0.2) is 40.8 Å². The molecule has 0 saturated heterocycles. The molecule has 2 aliphatic rings. The first-order valence-corrected chi connectivity index (χ1v) is 7.15. The van der Waals surface area contributed by atoms with Crippen molar-refractivity contribution in [3.8, 4) is 0 Å². The van der Waals surface area contributed by atoms with E-state index in [1.54, 1.807) is 0 Å². The van der Waals surface area contributed by atoms with Crippen LogP contribution in [-0.4, -0.2) is 0 Å². The highest BCUT2D eigenvalue weighted by Gasteiger charge is 2.56. The molecule has 98 valence electrons. The maximum Gasteiger partial charge on any atom is 0.121 e. The lowest BCUT2D eigenvalue weighted by atomic mass is 9.92. The highest BCUT2D eigenvalue weighted by Crippen LogP contribution is 2.63. The minimum absolute atomic E-state index is 0.0508. The molecule has 1 heterocycles. The van der Waals surface area contributed by atoms with Gasteiger partial charge < -0.3 is 10.2 Å². The summed E-state index contributed by atoms with van der Waals surface area (Å²) in [5.74, 6) is 3.89. The van der Waals surface area contributed by atoms with E-state index in [0.717, 1.165) is 17.4 Å². The van der Waals surface area contributed by atoms with Crippen LogP contribution in [0.1, 0.15) is 41.0 Å². The fraction of sp³-hybridized carbons (Fsp3) is 0.412. The number of benzene rings is 1. The molecule has 2 aromatic rings. The predicted molar refractivity (Wildman–Crippen MR) is 74.9 cm³/mol. The van der Waals surface area contributed by atoms with Crippen LogP contribution < -0.4 is 5.73 Å². The van der Waals surface area contributed by atoms with Gasteiger partial charge in [0.2, 0.25) is 0 Å². The topological polar surface area (TPSA) is 39.2 Å². The number of furan rings is 1. The molecule has 4 unspecified atom stereocenters. The first kappa shape index (κ1) is 11.3. The predicted octanol–water partition coefficient (Wildman–Crippen LogP) is 3.56. The molecule has 2 N–H and O–H groups in total. The second-order valence-corrected chi connectivity index (χ2v) is 5.98. The fourth-order valence-corrected chi connectivity index (χ4v) is 3.93. The van der Waals surface area contributed by atoms with Crippen molar-refractivity contribution in [2.75, 3.05) is 0 Å². The van der Waals surface area contributed by atoms with Crippen LogP contribution in [0, 0.1) is 18.8 Å². The molecule has 0 aliphatic heterocycles. The van der Waals surface area contributed by atoms with Gasteiger partial charge in [-0.05, 0) is 60.8 Å².